The number of hydrogen-bond donors (Lipinski definition) is 2. The summed E-state index contributed by atoms with van der Waals surface area (Å²) in [5.41, 5.74) is 8.06. The van der Waals surface area contributed by atoms with Gasteiger partial charge in [-0.2, -0.15) is 5.26 Å². The molecule has 22 heavy (non-hydrogen) atoms. The molecule has 5 nitrogen and oxygen atoms in total. The van der Waals surface area contributed by atoms with Gasteiger partial charge in [0, 0.05) is 25.8 Å². The van der Waals surface area contributed by atoms with Crippen molar-refractivity contribution in [2.24, 2.45) is 5.73 Å². The summed E-state index contributed by atoms with van der Waals surface area (Å²) in [5, 5.41) is 18.8. The minimum atomic E-state index is -0.252. The summed E-state index contributed by atoms with van der Waals surface area (Å²) >= 11 is 5.05. The van der Waals surface area contributed by atoms with E-state index in [0.717, 1.165) is 20.6 Å². The molecule has 1 aliphatic rings. The molecule has 0 bridgehead atoms. The van der Waals surface area contributed by atoms with Crippen LogP contribution in [0.3, 0.4) is 0 Å². The summed E-state index contributed by atoms with van der Waals surface area (Å²) in [7, 11) is 0. The number of fused-ring (bicyclic) bond motifs is 1. The third-order valence-electron chi connectivity index (χ3n) is 3.56. The van der Waals surface area contributed by atoms with Crippen molar-refractivity contribution in [3.8, 4) is 11.9 Å². The number of hydrogen-bond acceptors (Lipinski definition) is 5. The topological polar surface area (TPSA) is 87.7 Å². The lowest BCUT2D eigenvalue weighted by molar-refractivity contribution is 0.378. The van der Waals surface area contributed by atoms with Crippen LogP contribution in [0.25, 0.3) is 0 Å². The van der Waals surface area contributed by atoms with Gasteiger partial charge in [-0.1, -0.05) is 20.8 Å². The Hall–Kier alpha value is -1.78. The van der Waals surface area contributed by atoms with Crippen LogP contribution in [0.2, 0.25) is 0 Å². The van der Waals surface area contributed by atoms with E-state index in [1.54, 1.807) is 11.3 Å². The van der Waals surface area contributed by atoms with Crippen LogP contribution >= 0.6 is 27.3 Å². The summed E-state index contributed by atoms with van der Waals surface area (Å²) < 4.78 is 6.54. The van der Waals surface area contributed by atoms with Crippen LogP contribution < -0.4 is 10.5 Å². The number of nitrogens with zero attached hydrogens (tertiary/aromatic N) is 2. The van der Waals surface area contributed by atoms with Gasteiger partial charge >= 0.3 is 0 Å². The van der Waals surface area contributed by atoms with Crippen molar-refractivity contribution in [2.45, 2.75) is 32.1 Å². The van der Waals surface area contributed by atoms with E-state index in [9.17, 15) is 5.26 Å². The Bertz CT molecular complexity index is 806. The number of aromatic nitrogens is 2. The summed E-state index contributed by atoms with van der Waals surface area (Å²) in [6.45, 7) is 6.28. The molecule has 0 radical (unpaired) electrons. The maximum Gasteiger partial charge on any atom is 0.244 e. The molecule has 1 atom stereocenters. The minimum Gasteiger partial charge on any atom is -0.420 e. The fourth-order valence-electron chi connectivity index (χ4n) is 2.58. The SMILES string of the molecule is CC(C)(C)c1[nH]nc2c1[C@H](c1cc(Br)cs1)C(C#N)=C(N)O2. The van der Waals surface area contributed by atoms with Crippen molar-refractivity contribution >= 4 is 27.3 Å². The van der Waals surface area contributed by atoms with E-state index < -0.39 is 0 Å². The second-order valence-corrected chi connectivity index (χ2v) is 8.02. The fourth-order valence-corrected chi connectivity index (χ4v) is 4.14. The van der Waals surface area contributed by atoms with Gasteiger partial charge in [-0.05, 0) is 22.0 Å². The lowest BCUT2D eigenvalue weighted by Gasteiger charge is -2.26. The Kier molecular flexibility index (Phi) is 3.54. The molecule has 3 rings (SSSR count). The highest BCUT2D eigenvalue weighted by Crippen LogP contribution is 2.47. The van der Waals surface area contributed by atoms with E-state index in [2.05, 4.69) is 53.0 Å². The van der Waals surface area contributed by atoms with Gasteiger partial charge in [-0.15, -0.1) is 16.4 Å². The maximum atomic E-state index is 9.55. The second-order valence-electron chi connectivity index (χ2n) is 6.16. The molecule has 3 heterocycles. The first-order chi connectivity index (χ1) is 10.3. The molecule has 0 aliphatic carbocycles. The van der Waals surface area contributed by atoms with Gasteiger partial charge in [0.1, 0.15) is 11.6 Å². The van der Waals surface area contributed by atoms with Crippen molar-refractivity contribution < 1.29 is 4.74 Å². The summed E-state index contributed by atoms with van der Waals surface area (Å²) in [4.78, 5) is 1.03. The predicted octanol–water partition coefficient (Wildman–Crippen LogP) is 3.75. The smallest absolute Gasteiger partial charge is 0.244 e. The molecule has 114 valence electrons. The molecule has 3 N–H and O–H groups in total. The molecular formula is C15H15BrN4OS. The molecular weight excluding hydrogens is 364 g/mol. The molecule has 0 unspecified atom stereocenters. The number of allylic oxidation sites excluding steroid dienone is 1. The first-order valence-electron chi connectivity index (χ1n) is 6.73. The van der Waals surface area contributed by atoms with E-state index in [4.69, 9.17) is 10.5 Å². The summed E-state index contributed by atoms with van der Waals surface area (Å²) in [6, 6.07) is 4.21. The molecule has 2 aromatic heterocycles. The quantitative estimate of drug-likeness (QED) is 0.790. The van der Waals surface area contributed by atoms with E-state index >= 15 is 0 Å². The highest BCUT2D eigenvalue weighted by Gasteiger charge is 2.38. The van der Waals surface area contributed by atoms with Crippen LogP contribution in [0.1, 0.15) is 42.8 Å². The Balaban J connectivity index is 2.27. The number of halogens is 1. The number of aromatic amines is 1. The van der Waals surface area contributed by atoms with Gasteiger partial charge in [0.15, 0.2) is 0 Å². The largest absolute Gasteiger partial charge is 0.420 e. The van der Waals surface area contributed by atoms with Crippen molar-refractivity contribution in [3.63, 3.8) is 0 Å². The van der Waals surface area contributed by atoms with Crippen LogP contribution in [-0.4, -0.2) is 10.2 Å². The predicted molar refractivity (Wildman–Crippen MR) is 88.6 cm³/mol. The molecule has 0 spiro atoms. The number of rotatable bonds is 1. The lowest BCUT2D eigenvalue weighted by Crippen LogP contribution is -2.23. The third kappa shape index (κ3) is 2.32. The van der Waals surface area contributed by atoms with Gasteiger partial charge < -0.3 is 10.5 Å². The van der Waals surface area contributed by atoms with Gasteiger partial charge in [0.25, 0.3) is 0 Å². The van der Waals surface area contributed by atoms with E-state index in [0.29, 0.717) is 11.5 Å². The number of ether oxygens (including phenoxy) is 1. The number of nitrogens with two attached hydrogens (primary N) is 1. The molecule has 0 saturated carbocycles. The van der Waals surface area contributed by atoms with Crippen LogP contribution in [0.5, 0.6) is 5.88 Å². The minimum absolute atomic E-state index is 0.122. The zero-order valence-corrected chi connectivity index (χ0v) is 14.8. The van der Waals surface area contributed by atoms with Crippen molar-refractivity contribution in [1.29, 1.82) is 5.26 Å². The number of H-pyrrole nitrogens is 1. The Morgan fingerprint density at radius 3 is 2.77 bits per heavy atom. The number of thiophene rings is 1. The molecule has 7 heteroatoms. The van der Waals surface area contributed by atoms with Gasteiger partial charge in [0.05, 0.1) is 11.5 Å². The van der Waals surface area contributed by atoms with Crippen LogP contribution in [-0.2, 0) is 5.41 Å². The maximum absolute atomic E-state index is 9.55. The standard InChI is InChI=1S/C15H15BrN4OS/c1-15(2,3)12-11-10(9-4-7(16)6-22-9)8(5-17)13(18)21-14(11)20-19-12/h4,6,10H,18H2,1-3H3,(H,19,20)/t10-/m0/s1. The van der Waals surface area contributed by atoms with Gasteiger partial charge in [-0.3, -0.25) is 5.10 Å². The average Bonchev–Trinajstić information content (AvgIpc) is 3.02. The normalized spacial score (nSPS) is 17.9. The van der Waals surface area contributed by atoms with Crippen LogP contribution in [0.15, 0.2) is 27.4 Å². The second kappa shape index (κ2) is 5.14. The Morgan fingerprint density at radius 2 is 2.23 bits per heavy atom. The van der Waals surface area contributed by atoms with Crippen molar-refractivity contribution in [2.75, 3.05) is 0 Å². The van der Waals surface area contributed by atoms with Gasteiger partial charge in [0.2, 0.25) is 11.8 Å². The molecule has 0 amide bonds. The first-order valence-corrected chi connectivity index (χ1v) is 8.40. The highest BCUT2D eigenvalue weighted by molar-refractivity contribution is 9.10. The average molecular weight is 379 g/mol. The summed E-state index contributed by atoms with van der Waals surface area (Å²) in [5.74, 6) is 0.324. The third-order valence-corrected chi connectivity index (χ3v) is 5.32. The molecule has 0 saturated heterocycles. The lowest BCUT2D eigenvalue weighted by atomic mass is 9.81. The van der Waals surface area contributed by atoms with Crippen LogP contribution in [0, 0.1) is 11.3 Å². The summed E-state index contributed by atoms with van der Waals surface area (Å²) in [6.07, 6.45) is 0. The number of nitriles is 1. The number of nitrogens with one attached hydrogen (secondary N) is 1. The van der Waals surface area contributed by atoms with Crippen molar-refractivity contribution in [3.05, 3.63) is 43.5 Å². The Labute approximate surface area is 140 Å². The van der Waals surface area contributed by atoms with Crippen molar-refractivity contribution in [1.82, 2.24) is 10.2 Å². The Morgan fingerprint density at radius 1 is 1.50 bits per heavy atom. The molecule has 1 aliphatic heterocycles. The van der Waals surface area contributed by atoms with Crippen LogP contribution in [0.4, 0.5) is 0 Å². The molecule has 2 aromatic rings. The van der Waals surface area contributed by atoms with Gasteiger partial charge in [-0.25, -0.2) is 0 Å². The molecule has 0 fully saturated rings. The van der Waals surface area contributed by atoms with E-state index in [-0.39, 0.29) is 17.2 Å². The fraction of sp³-hybridized carbons (Fsp3) is 0.333. The first kappa shape index (κ1) is 15.1. The van der Waals surface area contributed by atoms with E-state index in [1.165, 1.54) is 0 Å². The highest BCUT2D eigenvalue weighted by atomic mass is 79.9. The van der Waals surface area contributed by atoms with E-state index in [1.807, 2.05) is 11.4 Å². The zero-order chi connectivity index (χ0) is 16.1. The molecule has 0 aromatic carbocycles. The zero-order valence-electron chi connectivity index (χ0n) is 12.4. The monoisotopic (exact) mass is 378 g/mol.